The second-order valence-electron chi connectivity index (χ2n) is 4.60. The summed E-state index contributed by atoms with van der Waals surface area (Å²) in [5.41, 5.74) is 0.0773. The smallest absolute Gasteiger partial charge is 0.352 e. The Morgan fingerprint density at radius 2 is 1.68 bits per heavy atom. The van der Waals surface area contributed by atoms with Gasteiger partial charge in [0, 0.05) is 15.4 Å². The highest BCUT2D eigenvalue weighted by atomic mass is 79.9. The number of sulfonamides is 2. The predicted molar refractivity (Wildman–Crippen MR) is 85.1 cm³/mol. The van der Waals surface area contributed by atoms with Gasteiger partial charge in [0.15, 0.2) is 0 Å². The molecule has 0 atom stereocenters. The van der Waals surface area contributed by atoms with Crippen LogP contribution in [0.2, 0.25) is 0 Å². The molecule has 8 nitrogen and oxygen atoms in total. The van der Waals surface area contributed by atoms with E-state index in [1.165, 1.54) is 18.2 Å². The molecule has 0 saturated heterocycles. The number of fused-ring (bicyclic) bond motifs is 1. The van der Waals surface area contributed by atoms with Crippen molar-refractivity contribution in [2.45, 2.75) is 0 Å². The van der Waals surface area contributed by atoms with Crippen molar-refractivity contribution in [3.05, 3.63) is 28.4 Å². The number of rotatable bonds is 4. The molecule has 0 saturated carbocycles. The standard InChI is InChI=1S/C11H11BrN2O6S2/c1-21(17,18)14(22(2,19)20)10-5-8-6(3-7(10)12)4-9(13-8)11(15)16/h3-5,13H,1-2H3,(H,15,16). The van der Waals surface area contributed by atoms with Gasteiger partial charge in [0.05, 0.1) is 18.2 Å². The molecule has 2 rings (SSSR count). The SMILES string of the molecule is CS(=O)(=O)N(c1cc2[nH]c(C(=O)O)cc2cc1Br)S(C)(=O)=O. The number of aromatic nitrogens is 1. The normalized spacial score (nSPS) is 12.5. The molecular weight excluding hydrogens is 400 g/mol. The molecule has 1 heterocycles. The summed E-state index contributed by atoms with van der Waals surface area (Å²) in [4.78, 5) is 13.5. The molecule has 120 valence electrons. The van der Waals surface area contributed by atoms with Gasteiger partial charge in [-0.25, -0.2) is 21.6 Å². The second-order valence-corrected chi connectivity index (χ2v) is 9.35. The average Bonchev–Trinajstić information content (AvgIpc) is 2.68. The molecule has 0 amide bonds. The highest BCUT2D eigenvalue weighted by molar-refractivity contribution is 9.10. The molecule has 2 aromatic rings. The molecule has 2 N–H and O–H groups in total. The summed E-state index contributed by atoms with van der Waals surface area (Å²) >= 11 is 3.12. The number of hydrogen-bond donors (Lipinski definition) is 2. The number of nitrogens with one attached hydrogen (secondary N) is 1. The summed E-state index contributed by atoms with van der Waals surface area (Å²) in [5, 5.41) is 9.44. The molecule has 0 aliphatic carbocycles. The van der Waals surface area contributed by atoms with Crippen LogP contribution in [0.15, 0.2) is 22.7 Å². The summed E-state index contributed by atoms with van der Waals surface area (Å²) in [6.45, 7) is 0. The van der Waals surface area contributed by atoms with Gasteiger partial charge in [0.2, 0.25) is 20.0 Å². The number of aromatic carboxylic acids is 1. The van der Waals surface area contributed by atoms with Crippen molar-refractivity contribution in [3.8, 4) is 0 Å². The number of nitrogens with zero attached hydrogens (tertiary/aromatic N) is 1. The molecule has 0 unspecified atom stereocenters. The van der Waals surface area contributed by atoms with Gasteiger partial charge < -0.3 is 10.1 Å². The van der Waals surface area contributed by atoms with Crippen LogP contribution in [0, 0.1) is 0 Å². The van der Waals surface area contributed by atoms with Gasteiger partial charge >= 0.3 is 5.97 Å². The largest absolute Gasteiger partial charge is 0.477 e. The highest BCUT2D eigenvalue weighted by Gasteiger charge is 2.29. The van der Waals surface area contributed by atoms with Crippen molar-refractivity contribution in [1.82, 2.24) is 4.98 Å². The van der Waals surface area contributed by atoms with Crippen molar-refractivity contribution in [3.63, 3.8) is 0 Å². The van der Waals surface area contributed by atoms with Gasteiger partial charge in [-0.1, -0.05) is 0 Å². The lowest BCUT2D eigenvalue weighted by molar-refractivity contribution is 0.0691. The van der Waals surface area contributed by atoms with Gasteiger partial charge in [0.25, 0.3) is 0 Å². The maximum atomic E-state index is 11.8. The number of halogens is 1. The number of carboxylic acid groups (broad SMARTS) is 1. The zero-order valence-corrected chi connectivity index (χ0v) is 14.6. The zero-order valence-electron chi connectivity index (χ0n) is 11.4. The lowest BCUT2D eigenvalue weighted by Crippen LogP contribution is -2.35. The van der Waals surface area contributed by atoms with E-state index >= 15 is 0 Å². The minimum absolute atomic E-state index is 0.0932. The van der Waals surface area contributed by atoms with E-state index in [0.29, 0.717) is 10.9 Å². The number of aromatic amines is 1. The molecule has 1 aromatic carbocycles. The Balaban J connectivity index is 2.79. The first-order chi connectivity index (χ1) is 9.91. The maximum Gasteiger partial charge on any atom is 0.352 e. The topological polar surface area (TPSA) is 125 Å². The van der Waals surface area contributed by atoms with E-state index in [-0.39, 0.29) is 19.6 Å². The van der Waals surface area contributed by atoms with Crippen molar-refractivity contribution < 1.29 is 26.7 Å². The highest BCUT2D eigenvalue weighted by Crippen LogP contribution is 2.34. The molecule has 0 radical (unpaired) electrons. The molecule has 22 heavy (non-hydrogen) atoms. The van der Waals surface area contributed by atoms with Crippen LogP contribution in [0.25, 0.3) is 10.9 Å². The first-order valence-electron chi connectivity index (χ1n) is 5.67. The second kappa shape index (κ2) is 5.25. The van der Waals surface area contributed by atoms with Crippen LogP contribution in [-0.4, -0.2) is 45.4 Å². The summed E-state index contributed by atoms with van der Waals surface area (Å²) in [6, 6.07) is 4.06. The Kier molecular flexibility index (Phi) is 4.00. The van der Waals surface area contributed by atoms with E-state index in [0.717, 1.165) is 12.5 Å². The van der Waals surface area contributed by atoms with E-state index in [4.69, 9.17) is 5.11 Å². The van der Waals surface area contributed by atoms with Gasteiger partial charge in [-0.15, -0.1) is 0 Å². The first-order valence-corrected chi connectivity index (χ1v) is 10.2. The Labute approximate surface area is 135 Å². The maximum absolute atomic E-state index is 11.8. The van der Waals surface area contributed by atoms with Crippen molar-refractivity contribution >= 4 is 58.5 Å². The van der Waals surface area contributed by atoms with Gasteiger partial charge in [-0.05, 0) is 34.1 Å². The van der Waals surface area contributed by atoms with E-state index in [2.05, 4.69) is 20.9 Å². The molecule has 0 aliphatic rings. The lowest BCUT2D eigenvalue weighted by atomic mass is 10.2. The molecule has 11 heteroatoms. The predicted octanol–water partition coefficient (Wildman–Crippen LogP) is 1.35. The third-order valence-corrected chi connectivity index (χ3v) is 6.58. The number of H-pyrrole nitrogens is 1. The van der Waals surface area contributed by atoms with Crippen LogP contribution in [-0.2, 0) is 20.0 Å². The fourth-order valence-electron chi connectivity index (χ4n) is 2.00. The quantitative estimate of drug-likeness (QED) is 0.783. The van der Waals surface area contributed by atoms with Crippen molar-refractivity contribution in [1.29, 1.82) is 0 Å². The Hall–Kier alpha value is -1.59. The Morgan fingerprint density at radius 1 is 1.14 bits per heavy atom. The monoisotopic (exact) mass is 410 g/mol. The van der Waals surface area contributed by atoms with E-state index < -0.39 is 26.0 Å². The Morgan fingerprint density at radius 3 is 2.14 bits per heavy atom. The fourth-order valence-corrected chi connectivity index (χ4v) is 5.76. The number of hydrogen-bond acceptors (Lipinski definition) is 5. The minimum Gasteiger partial charge on any atom is -0.477 e. The van der Waals surface area contributed by atoms with Crippen LogP contribution in [0.3, 0.4) is 0 Å². The summed E-state index contributed by atoms with van der Waals surface area (Å²) in [6.07, 6.45) is 1.53. The van der Waals surface area contributed by atoms with Crippen LogP contribution in [0.1, 0.15) is 10.5 Å². The van der Waals surface area contributed by atoms with E-state index in [9.17, 15) is 21.6 Å². The lowest BCUT2D eigenvalue weighted by Gasteiger charge is -2.21. The molecule has 0 fully saturated rings. The molecular formula is C11H11BrN2O6S2. The molecule has 0 bridgehead atoms. The molecule has 0 spiro atoms. The van der Waals surface area contributed by atoms with Crippen LogP contribution in [0.5, 0.6) is 0 Å². The van der Waals surface area contributed by atoms with Crippen LogP contribution < -0.4 is 3.71 Å². The van der Waals surface area contributed by atoms with E-state index in [1.807, 2.05) is 0 Å². The molecule has 1 aromatic heterocycles. The van der Waals surface area contributed by atoms with Crippen LogP contribution in [0.4, 0.5) is 5.69 Å². The number of anilines is 1. The average molecular weight is 411 g/mol. The Bertz CT molecular complexity index is 945. The van der Waals surface area contributed by atoms with Crippen LogP contribution >= 0.6 is 15.9 Å². The van der Waals surface area contributed by atoms with Gasteiger partial charge in [-0.2, -0.15) is 3.71 Å². The van der Waals surface area contributed by atoms with Gasteiger partial charge in [-0.3, -0.25) is 0 Å². The number of carbonyl (C=O) groups is 1. The molecule has 0 aliphatic heterocycles. The van der Waals surface area contributed by atoms with E-state index in [1.54, 1.807) is 0 Å². The third kappa shape index (κ3) is 3.10. The first kappa shape index (κ1) is 16.8. The third-order valence-electron chi connectivity index (χ3n) is 2.72. The summed E-state index contributed by atoms with van der Waals surface area (Å²) in [5.74, 6) is -1.18. The van der Waals surface area contributed by atoms with Crippen molar-refractivity contribution in [2.75, 3.05) is 16.2 Å². The summed E-state index contributed by atoms with van der Waals surface area (Å²) in [7, 11) is -8.18. The number of carboxylic acids is 1. The van der Waals surface area contributed by atoms with Gasteiger partial charge in [0.1, 0.15) is 5.69 Å². The fraction of sp³-hybridized carbons (Fsp3) is 0.182. The minimum atomic E-state index is -4.09. The van der Waals surface area contributed by atoms with Crippen molar-refractivity contribution in [2.24, 2.45) is 0 Å². The zero-order chi connectivity index (χ0) is 16.9. The summed E-state index contributed by atoms with van der Waals surface area (Å²) < 4.78 is 47.7. The number of benzene rings is 1.